The lowest BCUT2D eigenvalue weighted by molar-refractivity contribution is 0.315. The molecule has 2 aromatic carbocycles. The Balaban J connectivity index is 1.75. The van der Waals surface area contributed by atoms with Crippen molar-refractivity contribution in [2.75, 3.05) is 18.5 Å². The highest BCUT2D eigenvalue weighted by atomic mass is 79.9. The zero-order valence-corrected chi connectivity index (χ0v) is 12.9. The maximum atomic E-state index is 13.3. The van der Waals surface area contributed by atoms with Crippen LogP contribution in [0.3, 0.4) is 0 Å². The molecular formula is C16H17BrFNO. The van der Waals surface area contributed by atoms with Gasteiger partial charge in [0, 0.05) is 12.2 Å². The van der Waals surface area contributed by atoms with E-state index in [-0.39, 0.29) is 5.82 Å². The first-order chi connectivity index (χ1) is 9.66. The summed E-state index contributed by atoms with van der Waals surface area (Å²) < 4.78 is 19.4. The maximum absolute atomic E-state index is 13.3. The number of hydrogen-bond acceptors (Lipinski definition) is 2. The molecule has 0 aliphatic heterocycles. The molecule has 0 amide bonds. The van der Waals surface area contributed by atoms with Gasteiger partial charge in [0.25, 0.3) is 0 Å². The molecule has 0 heterocycles. The number of ether oxygens (including phenoxy) is 1. The number of benzene rings is 2. The van der Waals surface area contributed by atoms with Crippen LogP contribution in [0.25, 0.3) is 0 Å². The fraction of sp³-hybridized carbons (Fsp3) is 0.250. The van der Waals surface area contributed by atoms with Gasteiger partial charge in [0.1, 0.15) is 11.6 Å². The molecular weight excluding hydrogens is 321 g/mol. The Hall–Kier alpha value is -1.55. The van der Waals surface area contributed by atoms with E-state index in [1.54, 1.807) is 6.07 Å². The normalized spacial score (nSPS) is 10.3. The lowest BCUT2D eigenvalue weighted by atomic mass is 10.2. The predicted molar refractivity (Wildman–Crippen MR) is 83.9 cm³/mol. The molecule has 0 aliphatic rings. The Morgan fingerprint density at radius 3 is 2.70 bits per heavy atom. The summed E-state index contributed by atoms with van der Waals surface area (Å²) in [5, 5.41) is 3.29. The van der Waals surface area contributed by atoms with E-state index < -0.39 is 0 Å². The van der Waals surface area contributed by atoms with Crippen molar-refractivity contribution >= 4 is 21.6 Å². The lowest BCUT2D eigenvalue weighted by Crippen LogP contribution is -2.08. The second-order valence-electron chi connectivity index (χ2n) is 4.52. The number of nitrogens with one attached hydrogen (secondary N) is 1. The molecule has 0 bridgehead atoms. The first-order valence-corrected chi connectivity index (χ1v) is 7.33. The highest BCUT2D eigenvalue weighted by Crippen LogP contribution is 2.24. The van der Waals surface area contributed by atoms with Crippen LogP contribution in [0.4, 0.5) is 10.1 Å². The van der Waals surface area contributed by atoms with E-state index in [0.29, 0.717) is 11.1 Å². The van der Waals surface area contributed by atoms with Gasteiger partial charge in [-0.3, -0.25) is 0 Å². The fourth-order valence-electron chi connectivity index (χ4n) is 1.84. The number of para-hydroxylation sites is 1. The van der Waals surface area contributed by atoms with Crippen molar-refractivity contribution in [3.05, 3.63) is 58.3 Å². The Morgan fingerprint density at radius 1 is 1.20 bits per heavy atom. The van der Waals surface area contributed by atoms with Crippen LogP contribution in [0, 0.1) is 12.7 Å². The Morgan fingerprint density at radius 2 is 1.95 bits per heavy atom. The third-order valence-corrected chi connectivity index (χ3v) is 3.52. The lowest BCUT2D eigenvalue weighted by Gasteiger charge is -2.11. The number of aryl methyl sites for hydroxylation is 1. The van der Waals surface area contributed by atoms with E-state index in [1.807, 2.05) is 37.3 Å². The minimum Gasteiger partial charge on any atom is -0.494 e. The highest BCUT2D eigenvalue weighted by molar-refractivity contribution is 9.10. The molecule has 0 saturated carbocycles. The van der Waals surface area contributed by atoms with Crippen LogP contribution in [0.15, 0.2) is 46.9 Å². The molecule has 0 atom stereocenters. The highest BCUT2D eigenvalue weighted by Gasteiger charge is 2.04. The van der Waals surface area contributed by atoms with E-state index in [0.717, 1.165) is 30.0 Å². The average molecular weight is 338 g/mol. The smallest absolute Gasteiger partial charge is 0.137 e. The van der Waals surface area contributed by atoms with E-state index in [2.05, 4.69) is 21.2 Å². The van der Waals surface area contributed by atoms with Crippen molar-refractivity contribution < 1.29 is 9.13 Å². The average Bonchev–Trinajstić information content (AvgIpc) is 2.45. The largest absolute Gasteiger partial charge is 0.494 e. The SMILES string of the molecule is Cc1cc(F)c(Br)cc1NCCCOc1ccccc1. The van der Waals surface area contributed by atoms with Crippen LogP contribution in [-0.4, -0.2) is 13.2 Å². The summed E-state index contributed by atoms with van der Waals surface area (Å²) >= 11 is 3.19. The summed E-state index contributed by atoms with van der Waals surface area (Å²) in [4.78, 5) is 0. The van der Waals surface area contributed by atoms with Crippen LogP contribution in [0.2, 0.25) is 0 Å². The number of anilines is 1. The van der Waals surface area contributed by atoms with Crippen LogP contribution >= 0.6 is 15.9 Å². The second-order valence-corrected chi connectivity index (χ2v) is 5.38. The fourth-order valence-corrected chi connectivity index (χ4v) is 2.18. The van der Waals surface area contributed by atoms with Gasteiger partial charge in [-0.25, -0.2) is 4.39 Å². The molecule has 0 unspecified atom stereocenters. The summed E-state index contributed by atoms with van der Waals surface area (Å²) in [5.41, 5.74) is 1.84. The van der Waals surface area contributed by atoms with Gasteiger partial charge in [0.05, 0.1) is 11.1 Å². The molecule has 106 valence electrons. The van der Waals surface area contributed by atoms with Crippen LogP contribution in [0.5, 0.6) is 5.75 Å². The Labute approximate surface area is 127 Å². The number of halogens is 2. The van der Waals surface area contributed by atoms with Crippen molar-refractivity contribution in [1.29, 1.82) is 0 Å². The van der Waals surface area contributed by atoms with Crippen LogP contribution in [-0.2, 0) is 0 Å². The van der Waals surface area contributed by atoms with Gasteiger partial charge in [0.15, 0.2) is 0 Å². The summed E-state index contributed by atoms with van der Waals surface area (Å²) in [7, 11) is 0. The Bertz CT molecular complexity index is 560. The molecule has 1 N–H and O–H groups in total. The summed E-state index contributed by atoms with van der Waals surface area (Å²) in [6.07, 6.45) is 0.878. The van der Waals surface area contributed by atoms with Crippen molar-refractivity contribution in [1.82, 2.24) is 0 Å². The van der Waals surface area contributed by atoms with E-state index in [4.69, 9.17) is 4.74 Å². The van der Waals surface area contributed by atoms with Gasteiger partial charge in [-0.15, -0.1) is 0 Å². The summed E-state index contributed by atoms with van der Waals surface area (Å²) in [5.74, 6) is 0.647. The van der Waals surface area contributed by atoms with Gasteiger partial charge < -0.3 is 10.1 Å². The minimum atomic E-state index is -0.236. The third kappa shape index (κ3) is 4.23. The summed E-state index contributed by atoms with van der Waals surface area (Å²) in [6.45, 7) is 3.32. The molecule has 2 aromatic rings. The monoisotopic (exact) mass is 337 g/mol. The molecule has 0 saturated heterocycles. The molecule has 4 heteroatoms. The first kappa shape index (κ1) is 14.9. The van der Waals surface area contributed by atoms with Crippen LogP contribution < -0.4 is 10.1 Å². The molecule has 20 heavy (non-hydrogen) atoms. The van der Waals surface area contributed by atoms with Crippen molar-refractivity contribution in [2.24, 2.45) is 0 Å². The molecule has 0 spiro atoms. The summed E-state index contributed by atoms with van der Waals surface area (Å²) in [6, 6.07) is 13.0. The van der Waals surface area contributed by atoms with E-state index >= 15 is 0 Å². The molecule has 2 rings (SSSR count). The van der Waals surface area contributed by atoms with Crippen molar-refractivity contribution in [3.8, 4) is 5.75 Å². The van der Waals surface area contributed by atoms with Crippen molar-refractivity contribution in [2.45, 2.75) is 13.3 Å². The molecule has 2 nitrogen and oxygen atoms in total. The van der Waals surface area contributed by atoms with E-state index in [1.165, 1.54) is 6.07 Å². The maximum Gasteiger partial charge on any atom is 0.137 e. The third-order valence-electron chi connectivity index (χ3n) is 2.92. The molecule has 0 fully saturated rings. The Kier molecular flexibility index (Phi) is 5.41. The van der Waals surface area contributed by atoms with Gasteiger partial charge >= 0.3 is 0 Å². The number of rotatable bonds is 6. The molecule has 0 aliphatic carbocycles. The molecule has 0 aromatic heterocycles. The zero-order chi connectivity index (χ0) is 14.4. The standard InChI is InChI=1S/C16H17BrFNO/c1-12-10-15(18)14(17)11-16(12)19-8-5-9-20-13-6-3-2-4-7-13/h2-4,6-7,10-11,19H,5,8-9H2,1H3. The zero-order valence-electron chi connectivity index (χ0n) is 11.3. The van der Waals surface area contributed by atoms with Gasteiger partial charge in [0.2, 0.25) is 0 Å². The topological polar surface area (TPSA) is 21.3 Å². The minimum absolute atomic E-state index is 0.236. The quantitative estimate of drug-likeness (QED) is 0.766. The second kappa shape index (κ2) is 7.29. The first-order valence-electron chi connectivity index (χ1n) is 6.54. The predicted octanol–water partition coefficient (Wildman–Crippen LogP) is 4.78. The van der Waals surface area contributed by atoms with E-state index in [9.17, 15) is 4.39 Å². The van der Waals surface area contributed by atoms with Gasteiger partial charge in [-0.05, 0) is 59.1 Å². The van der Waals surface area contributed by atoms with Gasteiger partial charge in [-0.2, -0.15) is 0 Å². The van der Waals surface area contributed by atoms with Gasteiger partial charge in [-0.1, -0.05) is 18.2 Å². The number of hydrogen-bond donors (Lipinski definition) is 1. The van der Waals surface area contributed by atoms with Crippen LogP contribution in [0.1, 0.15) is 12.0 Å². The molecule has 0 radical (unpaired) electrons. The van der Waals surface area contributed by atoms with Crippen molar-refractivity contribution in [3.63, 3.8) is 0 Å².